The Hall–Kier alpha value is -1.32. The van der Waals surface area contributed by atoms with E-state index in [1.165, 1.54) is 0 Å². The molecule has 21 heavy (non-hydrogen) atoms. The summed E-state index contributed by atoms with van der Waals surface area (Å²) in [5.41, 5.74) is 2.65. The zero-order valence-electron chi connectivity index (χ0n) is 12.9. The standard InChI is InChI=1S/C17H23ClN2O/c1-4-14(5-2)20-10-9-13(19-20)11-16(21)15-8-6-7-12(3)17(15)18/h6-10,14,16,21H,4-5,11H2,1-3H3. The van der Waals surface area contributed by atoms with Crippen LogP contribution in [0.4, 0.5) is 0 Å². The van der Waals surface area contributed by atoms with Gasteiger partial charge in [-0.2, -0.15) is 5.10 Å². The van der Waals surface area contributed by atoms with Crippen LogP contribution in [0.15, 0.2) is 30.5 Å². The molecule has 1 heterocycles. The minimum Gasteiger partial charge on any atom is -0.388 e. The smallest absolute Gasteiger partial charge is 0.0860 e. The highest BCUT2D eigenvalue weighted by molar-refractivity contribution is 6.32. The Morgan fingerprint density at radius 2 is 1.95 bits per heavy atom. The molecule has 114 valence electrons. The van der Waals surface area contributed by atoms with Gasteiger partial charge in [-0.25, -0.2) is 0 Å². The van der Waals surface area contributed by atoms with Gasteiger partial charge in [0.25, 0.3) is 0 Å². The van der Waals surface area contributed by atoms with Crippen molar-refractivity contribution in [2.45, 2.75) is 52.2 Å². The first-order chi connectivity index (χ1) is 10.1. The van der Waals surface area contributed by atoms with E-state index in [4.69, 9.17) is 11.6 Å². The number of aromatic nitrogens is 2. The topological polar surface area (TPSA) is 38.0 Å². The SMILES string of the molecule is CCC(CC)n1ccc(CC(O)c2cccc(C)c2Cl)n1. The van der Waals surface area contributed by atoms with Crippen molar-refractivity contribution < 1.29 is 5.11 Å². The van der Waals surface area contributed by atoms with Gasteiger partial charge in [-0.1, -0.05) is 43.6 Å². The van der Waals surface area contributed by atoms with Crippen molar-refractivity contribution in [3.8, 4) is 0 Å². The molecule has 0 fully saturated rings. The molecule has 0 bridgehead atoms. The molecule has 0 radical (unpaired) electrons. The van der Waals surface area contributed by atoms with Crippen LogP contribution in [0.2, 0.25) is 5.02 Å². The van der Waals surface area contributed by atoms with E-state index < -0.39 is 6.10 Å². The van der Waals surface area contributed by atoms with Crippen LogP contribution in [0, 0.1) is 6.92 Å². The maximum absolute atomic E-state index is 10.4. The zero-order chi connectivity index (χ0) is 15.4. The fourth-order valence-electron chi connectivity index (χ4n) is 2.59. The van der Waals surface area contributed by atoms with Crippen LogP contribution < -0.4 is 0 Å². The average molecular weight is 307 g/mol. The lowest BCUT2D eigenvalue weighted by molar-refractivity contribution is 0.177. The van der Waals surface area contributed by atoms with E-state index in [1.54, 1.807) is 0 Å². The predicted molar refractivity (Wildman–Crippen MR) is 86.7 cm³/mol. The molecule has 0 aliphatic rings. The molecule has 1 aromatic heterocycles. The number of aliphatic hydroxyl groups excluding tert-OH is 1. The third-order valence-electron chi connectivity index (χ3n) is 3.96. The molecule has 1 unspecified atom stereocenters. The first kappa shape index (κ1) is 16.1. The van der Waals surface area contributed by atoms with Crippen molar-refractivity contribution in [2.75, 3.05) is 0 Å². The highest BCUT2D eigenvalue weighted by Gasteiger charge is 2.16. The minimum absolute atomic E-state index is 0.429. The third-order valence-corrected chi connectivity index (χ3v) is 4.48. The Labute approximate surface area is 131 Å². The van der Waals surface area contributed by atoms with Gasteiger partial charge >= 0.3 is 0 Å². The van der Waals surface area contributed by atoms with Gasteiger partial charge in [0.05, 0.1) is 17.8 Å². The molecule has 4 heteroatoms. The van der Waals surface area contributed by atoms with Crippen LogP contribution in [0.1, 0.15) is 55.7 Å². The van der Waals surface area contributed by atoms with E-state index in [1.807, 2.05) is 42.1 Å². The average Bonchev–Trinajstić information content (AvgIpc) is 2.91. The van der Waals surface area contributed by atoms with E-state index in [-0.39, 0.29) is 0 Å². The summed E-state index contributed by atoms with van der Waals surface area (Å²) in [6.07, 6.45) is 3.98. The second-order valence-corrected chi connectivity index (χ2v) is 5.83. The first-order valence-electron chi connectivity index (χ1n) is 7.53. The van der Waals surface area contributed by atoms with Crippen molar-refractivity contribution in [1.82, 2.24) is 9.78 Å². The number of aryl methyl sites for hydroxylation is 1. The summed E-state index contributed by atoms with van der Waals surface area (Å²) in [4.78, 5) is 0. The van der Waals surface area contributed by atoms with E-state index >= 15 is 0 Å². The molecule has 0 spiro atoms. The van der Waals surface area contributed by atoms with Gasteiger partial charge in [0.2, 0.25) is 0 Å². The molecule has 1 atom stereocenters. The van der Waals surface area contributed by atoms with Gasteiger partial charge in [-0.05, 0) is 37.0 Å². The lowest BCUT2D eigenvalue weighted by atomic mass is 10.0. The monoisotopic (exact) mass is 306 g/mol. The molecule has 0 saturated heterocycles. The Morgan fingerprint density at radius 3 is 2.62 bits per heavy atom. The maximum atomic E-state index is 10.4. The van der Waals surface area contributed by atoms with E-state index in [0.29, 0.717) is 17.5 Å². The van der Waals surface area contributed by atoms with E-state index in [9.17, 15) is 5.11 Å². The Morgan fingerprint density at radius 1 is 1.24 bits per heavy atom. The van der Waals surface area contributed by atoms with Gasteiger partial charge in [0, 0.05) is 17.6 Å². The minimum atomic E-state index is -0.623. The summed E-state index contributed by atoms with van der Waals surface area (Å²) >= 11 is 6.27. The van der Waals surface area contributed by atoms with Gasteiger partial charge in [-0.3, -0.25) is 4.68 Å². The number of rotatable bonds is 6. The van der Waals surface area contributed by atoms with E-state index in [0.717, 1.165) is 29.7 Å². The zero-order valence-corrected chi connectivity index (χ0v) is 13.6. The van der Waals surface area contributed by atoms with Crippen molar-refractivity contribution in [1.29, 1.82) is 0 Å². The van der Waals surface area contributed by atoms with Gasteiger partial charge in [-0.15, -0.1) is 0 Å². The number of aliphatic hydroxyl groups is 1. The summed E-state index contributed by atoms with van der Waals surface area (Å²) in [6, 6.07) is 8.14. The molecule has 0 saturated carbocycles. The highest BCUT2D eigenvalue weighted by atomic mass is 35.5. The fraction of sp³-hybridized carbons (Fsp3) is 0.471. The quantitative estimate of drug-likeness (QED) is 0.854. The number of hydrogen-bond donors (Lipinski definition) is 1. The number of nitrogens with zero attached hydrogens (tertiary/aromatic N) is 2. The predicted octanol–water partition coefficient (Wildman–Crippen LogP) is 4.48. The van der Waals surface area contributed by atoms with Gasteiger partial charge in [0.1, 0.15) is 0 Å². The summed E-state index contributed by atoms with van der Waals surface area (Å²) in [7, 11) is 0. The number of halogens is 1. The number of benzene rings is 1. The second kappa shape index (κ2) is 7.10. The Kier molecular flexibility index (Phi) is 5.43. The largest absolute Gasteiger partial charge is 0.388 e. The second-order valence-electron chi connectivity index (χ2n) is 5.46. The van der Waals surface area contributed by atoms with Crippen molar-refractivity contribution >= 4 is 11.6 Å². The molecule has 1 aromatic carbocycles. The van der Waals surface area contributed by atoms with Crippen LogP contribution in [-0.4, -0.2) is 14.9 Å². The van der Waals surface area contributed by atoms with Crippen LogP contribution in [0.3, 0.4) is 0 Å². The maximum Gasteiger partial charge on any atom is 0.0860 e. The molecular formula is C17H23ClN2O. The molecule has 3 nitrogen and oxygen atoms in total. The molecule has 0 amide bonds. The fourth-order valence-corrected chi connectivity index (χ4v) is 2.84. The molecule has 2 rings (SSSR count). The lowest BCUT2D eigenvalue weighted by Crippen LogP contribution is -2.09. The summed E-state index contributed by atoms with van der Waals surface area (Å²) in [6.45, 7) is 6.27. The van der Waals surface area contributed by atoms with Gasteiger partial charge in [0.15, 0.2) is 0 Å². The third kappa shape index (κ3) is 3.66. The molecule has 1 N–H and O–H groups in total. The van der Waals surface area contributed by atoms with Crippen LogP contribution in [0.5, 0.6) is 0 Å². The summed E-state index contributed by atoms with van der Waals surface area (Å²) in [5, 5.41) is 15.6. The normalized spacial score (nSPS) is 12.9. The molecule has 0 aliphatic carbocycles. The Bertz CT molecular complexity index is 590. The van der Waals surface area contributed by atoms with Crippen LogP contribution in [-0.2, 0) is 6.42 Å². The summed E-state index contributed by atoms with van der Waals surface area (Å²) < 4.78 is 2.00. The summed E-state index contributed by atoms with van der Waals surface area (Å²) in [5.74, 6) is 0. The first-order valence-corrected chi connectivity index (χ1v) is 7.91. The lowest BCUT2D eigenvalue weighted by Gasteiger charge is -2.14. The van der Waals surface area contributed by atoms with Crippen molar-refractivity contribution in [2.24, 2.45) is 0 Å². The highest BCUT2D eigenvalue weighted by Crippen LogP contribution is 2.28. The Balaban J connectivity index is 2.13. The van der Waals surface area contributed by atoms with Crippen LogP contribution >= 0.6 is 11.6 Å². The number of hydrogen-bond acceptors (Lipinski definition) is 2. The molecular weight excluding hydrogens is 284 g/mol. The van der Waals surface area contributed by atoms with Crippen molar-refractivity contribution in [3.63, 3.8) is 0 Å². The van der Waals surface area contributed by atoms with E-state index in [2.05, 4.69) is 18.9 Å². The molecule has 2 aromatic rings. The molecule has 0 aliphatic heterocycles. The van der Waals surface area contributed by atoms with Crippen LogP contribution in [0.25, 0.3) is 0 Å². The van der Waals surface area contributed by atoms with Crippen molar-refractivity contribution in [3.05, 3.63) is 52.3 Å². The van der Waals surface area contributed by atoms with Gasteiger partial charge < -0.3 is 5.11 Å².